The summed E-state index contributed by atoms with van der Waals surface area (Å²) in [4.78, 5) is 17.2. The number of halogens is 2. The van der Waals surface area contributed by atoms with Crippen molar-refractivity contribution in [2.75, 3.05) is 0 Å². The summed E-state index contributed by atoms with van der Waals surface area (Å²) < 4.78 is 15.6. The first-order valence-corrected chi connectivity index (χ1v) is 8.84. The Labute approximate surface area is 152 Å². The van der Waals surface area contributed by atoms with Crippen LogP contribution in [-0.4, -0.2) is 9.55 Å². The molecule has 0 aliphatic heterocycles. The largest absolute Gasteiger partial charge is 0.294 e. The number of thiophene rings is 1. The van der Waals surface area contributed by atoms with Gasteiger partial charge in [0.1, 0.15) is 10.5 Å². The molecule has 0 unspecified atom stereocenters. The Hall–Kier alpha value is -2.50. The highest BCUT2D eigenvalue weighted by Gasteiger charge is 2.13. The van der Waals surface area contributed by atoms with Gasteiger partial charge in [0.25, 0.3) is 5.56 Å². The number of hydrogen-bond donors (Lipinski definition) is 0. The summed E-state index contributed by atoms with van der Waals surface area (Å²) in [5, 5.41) is 2.50. The minimum atomic E-state index is -0.312. The summed E-state index contributed by atoms with van der Waals surface area (Å²) in [6.45, 7) is 0.423. The number of nitrogens with zero attached hydrogens (tertiary/aromatic N) is 2. The fourth-order valence-electron chi connectivity index (χ4n) is 2.70. The molecule has 0 bridgehead atoms. The molecular weight excluding hydrogens is 359 g/mol. The van der Waals surface area contributed by atoms with E-state index >= 15 is 0 Å². The van der Waals surface area contributed by atoms with Crippen molar-refractivity contribution in [2.24, 2.45) is 0 Å². The number of rotatable bonds is 3. The standard InChI is InChI=1S/C19H12ClFN2OS/c20-14-6-4-12(5-7-14)9-23-11-22-17-16(10-25-18(17)19(23)24)13-2-1-3-15(21)8-13/h1-8,10-11H,9H2. The Morgan fingerprint density at radius 2 is 1.96 bits per heavy atom. The molecular formula is C19H12ClFN2OS. The Morgan fingerprint density at radius 1 is 1.16 bits per heavy atom. The van der Waals surface area contributed by atoms with Crippen LogP contribution in [0, 0.1) is 5.82 Å². The molecule has 4 rings (SSSR count). The van der Waals surface area contributed by atoms with Gasteiger partial charge in [-0.2, -0.15) is 0 Å². The lowest BCUT2D eigenvalue weighted by Crippen LogP contribution is -2.20. The molecule has 0 aliphatic rings. The van der Waals surface area contributed by atoms with E-state index in [1.54, 1.807) is 22.8 Å². The van der Waals surface area contributed by atoms with Gasteiger partial charge in [-0.1, -0.05) is 35.9 Å². The molecule has 2 heterocycles. The van der Waals surface area contributed by atoms with E-state index in [0.29, 0.717) is 27.3 Å². The van der Waals surface area contributed by atoms with Crippen LogP contribution in [-0.2, 0) is 6.54 Å². The minimum Gasteiger partial charge on any atom is -0.294 e. The van der Waals surface area contributed by atoms with Gasteiger partial charge in [0.15, 0.2) is 0 Å². The zero-order valence-corrected chi connectivity index (χ0v) is 14.5. The molecule has 0 amide bonds. The number of fused-ring (bicyclic) bond motifs is 1. The average Bonchev–Trinajstić information content (AvgIpc) is 3.04. The van der Waals surface area contributed by atoms with Crippen molar-refractivity contribution >= 4 is 33.2 Å². The SMILES string of the molecule is O=c1c2scc(-c3cccc(F)c3)c2ncn1Cc1ccc(Cl)cc1. The number of aromatic nitrogens is 2. The van der Waals surface area contributed by atoms with Crippen molar-refractivity contribution in [1.29, 1.82) is 0 Å². The highest BCUT2D eigenvalue weighted by atomic mass is 35.5. The summed E-state index contributed by atoms with van der Waals surface area (Å²) >= 11 is 7.22. The van der Waals surface area contributed by atoms with Gasteiger partial charge in [-0.25, -0.2) is 9.37 Å². The summed E-state index contributed by atoms with van der Waals surface area (Å²) in [5.74, 6) is -0.312. The molecule has 0 aliphatic carbocycles. The second-order valence-electron chi connectivity index (χ2n) is 5.64. The Bertz CT molecular complexity index is 1120. The molecule has 0 atom stereocenters. The molecule has 25 heavy (non-hydrogen) atoms. The quantitative estimate of drug-likeness (QED) is 0.510. The third-order valence-corrected chi connectivity index (χ3v) is 5.16. The van der Waals surface area contributed by atoms with Crippen LogP contribution in [0.3, 0.4) is 0 Å². The molecule has 2 aromatic carbocycles. The van der Waals surface area contributed by atoms with E-state index < -0.39 is 0 Å². The normalized spacial score (nSPS) is 11.1. The molecule has 3 nitrogen and oxygen atoms in total. The van der Waals surface area contributed by atoms with Crippen LogP contribution < -0.4 is 5.56 Å². The average molecular weight is 371 g/mol. The molecule has 0 radical (unpaired) electrons. The zero-order chi connectivity index (χ0) is 17.4. The van der Waals surface area contributed by atoms with Crippen molar-refractivity contribution in [1.82, 2.24) is 9.55 Å². The predicted octanol–water partition coefficient (Wildman–Crippen LogP) is 4.97. The lowest BCUT2D eigenvalue weighted by Gasteiger charge is -2.06. The van der Waals surface area contributed by atoms with Crippen molar-refractivity contribution < 1.29 is 4.39 Å². The number of hydrogen-bond acceptors (Lipinski definition) is 3. The van der Waals surface area contributed by atoms with Crippen molar-refractivity contribution in [2.45, 2.75) is 6.54 Å². The van der Waals surface area contributed by atoms with Crippen molar-refractivity contribution in [3.8, 4) is 11.1 Å². The van der Waals surface area contributed by atoms with Gasteiger partial charge in [0.2, 0.25) is 0 Å². The van der Waals surface area contributed by atoms with E-state index in [4.69, 9.17) is 11.6 Å². The summed E-state index contributed by atoms with van der Waals surface area (Å²) in [6, 6.07) is 13.6. The first-order chi connectivity index (χ1) is 12.1. The number of benzene rings is 2. The fraction of sp³-hybridized carbons (Fsp3) is 0.0526. The van der Waals surface area contributed by atoms with Gasteiger partial charge in [-0.05, 0) is 35.4 Å². The third-order valence-electron chi connectivity index (χ3n) is 3.95. The van der Waals surface area contributed by atoms with Gasteiger partial charge in [-0.15, -0.1) is 11.3 Å². The molecule has 0 saturated carbocycles. The first-order valence-electron chi connectivity index (χ1n) is 7.59. The van der Waals surface area contributed by atoms with E-state index in [0.717, 1.165) is 11.1 Å². The molecule has 0 fully saturated rings. The fourth-order valence-corrected chi connectivity index (χ4v) is 3.80. The predicted molar refractivity (Wildman–Crippen MR) is 99.8 cm³/mol. The summed E-state index contributed by atoms with van der Waals surface area (Å²) in [5.41, 5.74) is 2.96. The van der Waals surface area contributed by atoms with Crippen LogP contribution in [0.15, 0.2) is 65.0 Å². The zero-order valence-electron chi connectivity index (χ0n) is 12.9. The van der Waals surface area contributed by atoms with Crippen LogP contribution in [0.1, 0.15) is 5.56 Å². The molecule has 0 N–H and O–H groups in total. The van der Waals surface area contributed by atoms with E-state index in [2.05, 4.69) is 4.98 Å². The molecule has 0 spiro atoms. The smallest absolute Gasteiger partial charge is 0.271 e. The lowest BCUT2D eigenvalue weighted by atomic mass is 10.1. The summed E-state index contributed by atoms with van der Waals surface area (Å²) in [7, 11) is 0. The van der Waals surface area contributed by atoms with E-state index in [1.165, 1.54) is 29.8 Å². The van der Waals surface area contributed by atoms with Crippen LogP contribution in [0.4, 0.5) is 4.39 Å². The van der Waals surface area contributed by atoms with Crippen LogP contribution in [0.5, 0.6) is 0 Å². The maximum Gasteiger partial charge on any atom is 0.271 e. The van der Waals surface area contributed by atoms with Crippen LogP contribution >= 0.6 is 22.9 Å². The highest BCUT2D eigenvalue weighted by molar-refractivity contribution is 7.17. The second kappa shape index (κ2) is 6.43. The van der Waals surface area contributed by atoms with Crippen LogP contribution in [0.2, 0.25) is 5.02 Å². The Morgan fingerprint density at radius 3 is 2.72 bits per heavy atom. The van der Waals surface area contributed by atoms with Gasteiger partial charge < -0.3 is 0 Å². The topological polar surface area (TPSA) is 34.9 Å². The monoisotopic (exact) mass is 370 g/mol. The minimum absolute atomic E-state index is 0.104. The molecule has 4 aromatic rings. The Kier molecular flexibility index (Phi) is 4.11. The van der Waals surface area contributed by atoms with Gasteiger partial charge in [0.05, 0.1) is 18.4 Å². The van der Waals surface area contributed by atoms with Gasteiger partial charge in [0, 0.05) is 16.0 Å². The van der Waals surface area contributed by atoms with E-state index in [1.807, 2.05) is 23.6 Å². The van der Waals surface area contributed by atoms with Gasteiger partial charge >= 0.3 is 0 Å². The molecule has 124 valence electrons. The van der Waals surface area contributed by atoms with Crippen molar-refractivity contribution in [3.63, 3.8) is 0 Å². The van der Waals surface area contributed by atoms with Crippen molar-refractivity contribution in [3.05, 3.63) is 87.0 Å². The first kappa shape index (κ1) is 16.0. The second-order valence-corrected chi connectivity index (χ2v) is 6.96. The lowest BCUT2D eigenvalue weighted by molar-refractivity contribution is 0.628. The maximum atomic E-state index is 13.5. The van der Waals surface area contributed by atoms with Gasteiger partial charge in [-0.3, -0.25) is 9.36 Å². The summed E-state index contributed by atoms with van der Waals surface area (Å²) in [6.07, 6.45) is 1.54. The van der Waals surface area contributed by atoms with E-state index in [9.17, 15) is 9.18 Å². The highest BCUT2D eigenvalue weighted by Crippen LogP contribution is 2.31. The third kappa shape index (κ3) is 3.08. The van der Waals surface area contributed by atoms with Crippen LogP contribution in [0.25, 0.3) is 21.3 Å². The van der Waals surface area contributed by atoms with E-state index in [-0.39, 0.29) is 11.4 Å². The molecule has 6 heteroatoms. The molecule has 2 aromatic heterocycles. The molecule has 0 saturated heterocycles. The maximum absolute atomic E-state index is 13.5. The Balaban J connectivity index is 1.77.